The van der Waals surface area contributed by atoms with Crippen LogP contribution < -0.4 is 5.32 Å². The Kier molecular flexibility index (Phi) is 3.12. The number of nitrogens with zero attached hydrogens (tertiary/aromatic N) is 4. The zero-order valence-corrected chi connectivity index (χ0v) is 10.4. The maximum Gasteiger partial charge on any atom is 0.128 e. The Morgan fingerprint density at radius 2 is 2.50 bits per heavy atom. The molecule has 6 heteroatoms. The Morgan fingerprint density at radius 3 is 3.22 bits per heavy atom. The minimum absolute atomic E-state index is 0.0847. The molecule has 1 aliphatic heterocycles. The van der Waals surface area contributed by atoms with E-state index in [0.717, 1.165) is 37.8 Å². The number of hydrogen-bond acceptors (Lipinski definition) is 4. The fraction of sp³-hybridized carbons (Fsp3) is 0.500. The van der Waals surface area contributed by atoms with Gasteiger partial charge >= 0.3 is 0 Å². The van der Waals surface area contributed by atoms with Gasteiger partial charge < -0.3 is 19.2 Å². The van der Waals surface area contributed by atoms with E-state index in [1.807, 2.05) is 36.5 Å². The average molecular weight is 247 g/mol. The van der Waals surface area contributed by atoms with Crippen LogP contribution in [0, 0.1) is 0 Å². The summed E-state index contributed by atoms with van der Waals surface area (Å²) < 4.78 is 9.88. The Morgan fingerprint density at radius 1 is 1.56 bits per heavy atom. The van der Waals surface area contributed by atoms with Crippen molar-refractivity contribution in [3.05, 3.63) is 36.4 Å². The lowest BCUT2D eigenvalue weighted by Crippen LogP contribution is -2.34. The summed E-state index contributed by atoms with van der Waals surface area (Å²) in [6.07, 6.45) is 7.55. The van der Waals surface area contributed by atoms with Crippen LogP contribution in [0.5, 0.6) is 0 Å². The summed E-state index contributed by atoms with van der Waals surface area (Å²) in [7, 11) is 2.00. The van der Waals surface area contributed by atoms with E-state index in [2.05, 4.69) is 19.9 Å². The van der Waals surface area contributed by atoms with Crippen LogP contribution in [0.25, 0.3) is 0 Å². The molecule has 96 valence electrons. The van der Waals surface area contributed by atoms with Crippen LogP contribution >= 0.6 is 0 Å². The summed E-state index contributed by atoms with van der Waals surface area (Å²) in [6, 6.07) is 0. The van der Waals surface area contributed by atoms with Gasteiger partial charge in [-0.2, -0.15) is 0 Å². The highest BCUT2D eigenvalue weighted by atomic mass is 16.5. The fourth-order valence-corrected chi connectivity index (χ4v) is 2.19. The van der Waals surface area contributed by atoms with E-state index >= 15 is 0 Å². The smallest absolute Gasteiger partial charge is 0.128 e. The van der Waals surface area contributed by atoms with Gasteiger partial charge in [-0.25, -0.2) is 9.97 Å². The summed E-state index contributed by atoms with van der Waals surface area (Å²) >= 11 is 0. The predicted molar refractivity (Wildman–Crippen MR) is 66.1 cm³/mol. The number of hydrogen-bond donors (Lipinski definition) is 1. The van der Waals surface area contributed by atoms with Crippen molar-refractivity contribution in [3.8, 4) is 0 Å². The third-order valence-corrected chi connectivity index (χ3v) is 3.23. The molecule has 1 fully saturated rings. The van der Waals surface area contributed by atoms with Gasteiger partial charge in [0.2, 0.25) is 0 Å². The maximum atomic E-state index is 5.76. The molecule has 0 aromatic carbocycles. The van der Waals surface area contributed by atoms with E-state index < -0.39 is 0 Å². The van der Waals surface area contributed by atoms with Crippen molar-refractivity contribution in [2.24, 2.45) is 7.05 Å². The van der Waals surface area contributed by atoms with Crippen LogP contribution in [0.2, 0.25) is 0 Å². The first kappa shape index (κ1) is 11.4. The Balaban J connectivity index is 1.80. The highest BCUT2D eigenvalue weighted by molar-refractivity contribution is 5.07. The van der Waals surface area contributed by atoms with Crippen molar-refractivity contribution in [3.63, 3.8) is 0 Å². The van der Waals surface area contributed by atoms with Gasteiger partial charge in [-0.05, 0) is 0 Å². The third-order valence-electron chi connectivity index (χ3n) is 3.23. The van der Waals surface area contributed by atoms with Crippen LogP contribution in [0.15, 0.2) is 24.9 Å². The van der Waals surface area contributed by atoms with Gasteiger partial charge in [0.25, 0.3) is 0 Å². The second-order valence-corrected chi connectivity index (χ2v) is 4.46. The standard InChI is InChI=1S/C12H17N5O/c1-16-4-2-15-12(16)8-17-9-14-6-10(17)11-7-13-3-5-18-11/h2,4,6,9,11,13H,3,5,7-8H2,1H3. The second-order valence-electron chi connectivity index (χ2n) is 4.46. The van der Waals surface area contributed by atoms with E-state index in [4.69, 9.17) is 4.74 Å². The number of ether oxygens (including phenoxy) is 1. The first-order chi connectivity index (χ1) is 8.84. The van der Waals surface area contributed by atoms with E-state index in [1.54, 1.807) is 0 Å². The number of morpholine rings is 1. The zero-order chi connectivity index (χ0) is 12.4. The first-order valence-electron chi connectivity index (χ1n) is 6.13. The molecule has 2 aromatic rings. The van der Waals surface area contributed by atoms with Gasteiger partial charge in [0.1, 0.15) is 11.9 Å². The van der Waals surface area contributed by atoms with Crippen molar-refractivity contribution in [2.45, 2.75) is 12.6 Å². The van der Waals surface area contributed by atoms with E-state index in [0.29, 0.717) is 0 Å². The molecule has 3 heterocycles. The van der Waals surface area contributed by atoms with Crippen molar-refractivity contribution in [1.29, 1.82) is 0 Å². The topological polar surface area (TPSA) is 56.9 Å². The minimum Gasteiger partial charge on any atom is -0.369 e. The summed E-state index contributed by atoms with van der Waals surface area (Å²) in [4.78, 5) is 8.56. The zero-order valence-electron chi connectivity index (χ0n) is 10.4. The van der Waals surface area contributed by atoms with Crippen LogP contribution in [0.1, 0.15) is 17.6 Å². The van der Waals surface area contributed by atoms with Crippen molar-refractivity contribution in [1.82, 2.24) is 24.4 Å². The van der Waals surface area contributed by atoms with Gasteiger partial charge in [-0.3, -0.25) is 0 Å². The fourth-order valence-electron chi connectivity index (χ4n) is 2.19. The minimum atomic E-state index is 0.0847. The number of aryl methyl sites for hydroxylation is 1. The van der Waals surface area contributed by atoms with Crippen molar-refractivity contribution in [2.75, 3.05) is 19.7 Å². The molecular weight excluding hydrogens is 230 g/mol. The second kappa shape index (κ2) is 4.91. The van der Waals surface area contributed by atoms with E-state index in [9.17, 15) is 0 Å². The number of nitrogens with one attached hydrogen (secondary N) is 1. The van der Waals surface area contributed by atoms with Gasteiger partial charge in [0.05, 0.1) is 31.4 Å². The number of aromatic nitrogens is 4. The molecule has 1 aliphatic rings. The monoisotopic (exact) mass is 247 g/mol. The predicted octanol–water partition coefficient (Wildman–Crippen LogP) is 0.326. The number of rotatable bonds is 3. The lowest BCUT2D eigenvalue weighted by Gasteiger charge is -2.24. The van der Waals surface area contributed by atoms with Gasteiger partial charge in [0.15, 0.2) is 0 Å². The molecule has 0 bridgehead atoms. The molecule has 1 N–H and O–H groups in total. The maximum absolute atomic E-state index is 5.76. The largest absolute Gasteiger partial charge is 0.369 e. The summed E-state index contributed by atoms with van der Waals surface area (Å²) in [5, 5.41) is 3.33. The molecular formula is C12H17N5O. The highest BCUT2D eigenvalue weighted by Gasteiger charge is 2.19. The molecule has 0 radical (unpaired) electrons. The van der Waals surface area contributed by atoms with Crippen molar-refractivity contribution < 1.29 is 4.74 Å². The van der Waals surface area contributed by atoms with Gasteiger partial charge in [-0.1, -0.05) is 0 Å². The molecule has 0 spiro atoms. The van der Waals surface area contributed by atoms with Crippen molar-refractivity contribution >= 4 is 0 Å². The van der Waals surface area contributed by atoms with Gasteiger partial charge in [0, 0.05) is 32.5 Å². The number of imidazole rings is 2. The molecule has 1 saturated heterocycles. The molecule has 0 amide bonds. The molecule has 6 nitrogen and oxygen atoms in total. The molecule has 1 atom stereocenters. The molecule has 2 aromatic heterocycles. The first-order valence-corrected chi connectivity index (χ1v) is 6.13. The van der Waals surface area contributed by atoms with Crippen LogP contribution in [-0.2, 0) is 18.3 Å². The summed E-state index contributed by atoms with van der Waals surface area (Å²) in [5.74, 6) is 1.01. The quantitative estimate of drug-likeness (QED) is 0.849. The molecule has 1 unspecified atom stereocenters. The Hall–Kier alpha value is -1.66. The SMILES string of the molecule is Cn1ccnc1Cn1cncc1C1CNCCO1. The van der Waals surface area contributed by atoms with E-state index in [-0.39, 0.29) is 6.10 Å². The average Bonchev–Trinajstić information content (AvgIpc) is 3.01. The Labute approximate surface area is 106 Å². The molecule has 0 aliphatic carbocycles. The Bertz CT molecular complexity index is 512. The lowest BCUT2D eigenvalue weighted by molar-refractivity contribution is 0.0229. The summed E-state index contributed by atoms with van der Waals surface area (Å²) in [5.41, 5.74) is 1.10. The van der Waals surface area contributed by atoms with Crippen LogP contribution in [0.4, 0.5) is 0 Å². The normalized spacial score (nSPS) is 20.2. The van der Waals surface area contributed by atoms with Crippen LogP contribution in [0.3, 0.4) is 0 Å². The summed E-state index contributed by atoms with van der Waals surface area (Å²) in [6.45, 7) is 3.23. The highest BCUT2D eigenvalue weighted by Crippen LogP contribution is 2.18. The molecule has 0 saturated carbocycles. The van der Waals surface area contributed by atoms with E-state index in [1.165, 1.54) is 0 Å². The molecule has 18 heavy (non-hydrogen) atoms. The molecule has 3 rings (SSSR count). The lowest BCUT2D eigenvalue weighted by atomic mass is 10.2. The third kappa shape index (κ3) is 2.16. The van der Waals surface area contributed by atoms with Crippen LogP contribution in [-0.4, -0.2) is 38.8 Å². The van der Waals surface area contributed by atoms with Gasteiger partial charge in [-0.15, -0.1) is 0 Å².